The van der Waals surface area contributed by atoms with Crippen molar-refractivity contribution in [1.29, 1.82) is 0 Å². The highest BCUT2D eigenvalue weighted by Gasteiger charge is 2.15. The van der Waals surface area contributed by atoms with Crippen LogP contribution in [0.1, 0.15) is 36.6 Å². The van der Waals surface area contributed by atoms with E-state index in [0.29, 0.717) is 17.2 Å². The van der Waals surface area contributed by atoms with Crippen LogP contribution in [0.4, 0.5) is 5.13 Å². The summed E-state index contributed by atoms with van der Waals surface area (Å²) in [5.74, 6) is 0.193. The molecule has 0 saturated heterocycles. The highest BCUT2D eigenvalue weighted by atomic mass is 32.2. The molecular formula is C14H19N3O2S2. The number of thiazole rings is 1. The lowest BCUT2D eigenvalue weighted by Gasteiger charge is -2.06. The predicted octanol–water partition coefficient (Wildman–Crippen LogP) is 2.67. The maximum Gasteiger partial charge on any atom is 0.238 e. The van der Waals surface area contributed by atoms with Gasteiger partial charge in [0, 0.05) is 11.9 Å². The number of anilines is 1. The van der Waals surface area contributed by atoms with Crippen LogP contribution in [0.2, 0.25) is 0 Å². The summed E-state index contributed by atoms with van der Waals surface area (Å²) >= 11 is 1.30. The van der Waals surface area contributed by atoms with Gasteiger partial charge in [0.15, 0.2) is 5.13 Å². The van der Waals surface area contributed by atoms with Gasteiger partial charge in [-0.05, 0) is 17.0 Å². The lowest BCUT2D eigenvalue weighted by molar-refractivity contribution is 0.600. The molecule has 0 saturated carbocycles. The number of sulfonamides is 1. The quantitative estimate of drug-likeness (QED) is 0.855. The molecule has 1 heterocycles. The molecule has 0 fully saturated rings. The molecule has 0 amide bonds. The van der Waals surface area contributed by atoms with Gasteiger partial charge in [0.25, 0.3) is 0 Å². The van der Waals surface area contributed by atoms with Gasteiger partial charge in [-0.3, -0.25) is 4.72 Å². The number of benzene rings is 1. The molecule has 0 spiro atoms. The summed E-state index contributed by atoms with van der Waals surface area (Å²) in [6.45, 7) is 4.43. The van der Waals surface area contributed by atoms with Crippen LogP contribution in [-0.2, 0) is 22.3 Å². The Morgan fingerprint density at radius 3 is 2.67 bits per heavy atom. The Morgan fingerprint density at radius 1 is 1.33 bits per heavy atom. The first kappa shape index (κ1) is 15.9. The Balaban J connectivity index is 2.10. The molecule has 7 heteroatoms. The van der Waals surface area contributed by atoms with Gasteiger partial charge in [-0.1, -0.05) is 38.1 Å². The van der Waals surface area contributed by atoms with Crippen molar-refractivity contribution < 1.29 is 8.42 Å². The summed E-state index contributed by atoms with van der Waals surface area (Å²) in [5.41, 5.74) is 8.08. The molecule has 21 heavy (non-hydrogen) atoms. The van der Waals surface area contributed by atoms with Crippen LogP contribution in [0.25, 0.3) is 0 Å². The maximum atomic E-state index is 12.2. The SMILES string of the molecule is CC(C)c1csc(NS(=O)(=O)Cc2cccc(CN)c2)n1. The fraction of sp³-hybridized carbons (Fsp3) is 0.357. The minimum atomic E-state index is -3.47. The monoisotopic (exact) mass is 325 g/mol. The Morgan fingerprint density at radius 2 is 2.05 bits per heavy atom. The van der Waals surface area contributed by atoms with Gasteiger partial charge in [0.2, 0.25) is 10.0 Å². The van der Waals surface area contributed by atoms with Crippen LogP contribution < -0.4 is 10.5 Å². The molecule has 1 aromatic carbocycles. The van der Waals surface area contributed by atoms with Crippen LogP contribution in [-0.4, -0.2) is 13.4 Å². The summed E-state index contributed by atoms with van der Waals surface area (Å²) < 4.78 is 26.9. The largest absolute Gasteiger partial charge is 0.326 e. The average molecular weight is 325 g/mol. The molecule has 0 aliphatic rings. The van der Waals surface area contributed by atoms with Crippen LogP contribution in [0.15, 0.2) is 29.6 Å². The first-order valence-corrected chi connectivity index (χ1v) is 9.16. The van der Waals surface area contributed by atoms with Gasteiger partial charge in [0.05, 0.1) is 11.4 Å². The molecule has 0 aliphatic carbocycles. The fourth-order valence-electron chi connectivity index (χ4n) is 1.83. The minimum Gasteiger partial charge on any atom is -0.326 e. The van der Waals surface area contributed by atoms with E-state index in [2.05, 4.69) is 9.71 Å². The van der Waals surface area contributed by atoms with Crippen LogP contribution in [0.5, 0.6) is 0 Å². The van der Waals surface area contributed by atoms with Crippen molar-refractivity contribution in [3.63, 3.8) is 0 Å². The second kappa shape index (κ2) is 6.55. The number of nitrogens with two attached hydrogens (primary N) is 1. The predicted molar refractivity (Wildman–Crippen MR) is 86.8 cm³/mol. The summed E-state index contributed by atoms with van der Waals surface area (Å²) in [5, 5.41) is 2.28. The number of rotatable bonds is 6. The highest BCUT2D eigenvalue weighted by molar-refractivity contribution is 7.92. The van der Waals surface area contributed by atoms with E-state index in [4.69, 9.17) is 5.73 Å². The van der Waals surface area contributed by atoms with E-state index >= 15 is 0 Å². The van der Waals surface area contributed by atoms with E-state index in [9.17, 15) is 8.42 Å². The second-order valence-corrected chi connectivity index (χ2v) is 7.70. The summed E-state index contributed by atoms with van der Waals surface area (Å²) in [6, 6.07) is 7.27. The first-order valence-electron chi connectivity index (χ1n) is 6.63. The molecule has 0 bridgehead atoms. The zero-order chi connectivity index (χ0) is 15.5. The topological polar surface area (TPSA) is 85.1 Å². The molecule has 2 aromatic rings. The Hall–Kier alpha value is -1.44. The van der Waals surface area contributed by atoms with E-state index in [1.807, 2.05) is 31.4 Å². The molecule has 5 nitrogen and oxygen atoms in total. The second-order valence-electron chi connectivity index (χ2n) is 5.12. The Kier molecular flexibility index (Phi) is 4.97. The molecule has 0 radical (unpaired) electrons. The number of nitrogens with one attached hydrogen (secondary N) is 1. The summed E-state index contributed by atoms with van der Waals surface area (Å²) in [7, 11) is -3.47. The zero-order valence-electron chi connectivity index (χ0n) is 12.0. The molecule has 0 atom stereocenters. The third-order valence-electron chi connectivity index (χ3n) is 2.94. The van der Waals surface area contributed by atoms with Crippen molar-refractivity contribution in [2.45, 2.75) is 32.1 Å². The zero-order valence-corrected chi connectivity index (χ0v) is 13.7. The van der Waals surface area contributed by atoms with Crippen molar-refractivity contribution in [1.82, 2.24) is 4.98 Å². The lowest BCUT2D eigenvalue weighted by Crippen LogP contribution is -2.15. The van der Waals surface area contributed by atoms with Crippen molar-refractivity contribution in [2.24, 2.45) is 5.73 Å². The van der Waals surface area contributed by atoms with Gasteiger partial charge in [-0.15, -0.1) is 11.3 Å². The Bertz CT molecular complexity index is 709. The molecule has 1 aromatic heterocycles. The Labute approximate surface area is 129 Å². The fourth-order valence-corrected chi connectivity index (χ4v) is 4.12. The standard InChI is InChI=1S/C14H19N3O2S2/c1-10(2)13-8-20-14(16-13)17-21(18,19)9-12-5-3-4-11(6-12)7-15/h3-6,8,10H,7,9,15H2,1-2H3,(H,16,17). The van der Waals surface area contributed by atoms with Gasteiger partial charge in [0.1, 0.15) is 0 Å². The number of hydrogen-bond acceptors (Lipinski definition) is 5. The minimum absolute atomic E-state index is 0.0859. The van der Waals surface area contributed by atoms with Crippen LogP contribution >= 0.6 is 11.3 Å². The van der Waals surface area contributed by atoms with Crippen LogP contribution in [0, 0.1) is 0 Å². The average Bonchev–Trinajstić information content (AvgIpc) is 2.86. The molecule has 3 N–H and O–H groups in total. The van der Waals surface area contributed by atoms with Gasteiger partial charge in [-0.25, -0.2) is 13.4 Å². The van der Waals surface area contributed by atoms with E-state index in [1.54, 1.807) is 12.1 Å². The van der Waals surface area contributed by atoms with Gasteiger partial charge >= 0.3 is 0 Å². The first-order chi connectivity index (χ1) is 9.89. The normalized spacial score (nSPS) is 11.8. The third-order valence-corrected chi connectivity index (χ3v) is 5.06. The van der Waals surface area contributed by atoms with E-state index < -0.39 is 10.0 Å². The van der Waals surface area contributed by atoms with Crippen molar-refractivity contribution in [2.75, 3.05) is 4.72 Å². The van der Waals surface area contributed by atoms with Crippen LogP contribution in [0.3, 0.4) is 0 Å². The third kappa shape index (κ3) is 4.52. The number of aromatic nitrogens is 1. The van der Waals surface area contributed by atoms with Crippen molar-refractivity contribution in [3.05, 3.63) is 46.5 Å². The van der Waals surface area contributed by atoms with Gasteiger partial charge in [-0.2, -0.15) is 0 Å². The molecule has 0 aliphatic heterocycles. The lowest BCUT2D eigenvalue weighted by atomic mass is 10.1. The number of hydrogen-bond donors (Lipinski definition) is 2. The van der Waals surface area contributed by atoms with Crippen molar-refractivity contribution >= 4 is 26.5 Å². The summed E-state index contributed by atoms with van der Waals surface area (Å²) in [4.78, 5) is 4.28. The highest BCUT2D eigenvalue weighted by Crippen LogP contribution is 2.23. The van der Waals surface area contributed by atoms with E-state index in [0.717, 1.165) is 11.3 Å². The molecule has 2 rings (SSSR count). The molecular weight excluding hydrogens is 306 g/mol. The molecule has 0 unspecified atom stereocenters. The van der Waals surface area contributed by atoms with E-state index in [-0.39, 0.29) is 11.7 Å². The smallest absolute Gasteiger partial charge is 0.238 e. The summed E-state index contributed by atoms with van der Waals surface area (Å²) in [6.07, 6.45) is 0. The van der Waals surface area contributed by atoms with E-state index in [1.165, 1.54) is 11.3 Å². The van der Waals surface area contributed by atoms with Gasteiger partial charge < -0.3 is 5.73 Å². The molecule has 114 valence electrons. The maximum absolute atomic E-state index is 12.2. The number of nitrogens with zero attached hydrogens (tertiary/aromatic N) is 1. The van der Waals surface area contributed by atoms with Crippen molar-refractivity contribution in [3.8, 4) is 0 Å².